The lowest BCUT2D eigenvalue weighted by Gasteiger charge is -2.12. The summed E-state index contributed by atoms with van der Waals surface area (Å²) in [6.07, 6.45) is 2.29. The monoisotopic (exact) mass is 330 g/mol. The summed E-state index contributed by atoms with van der Waals surface area (Å²) in [5, 5.41) is 5.82. The highest BCUT2D eigenvalue weighted by atomic mass is 16.5. The molecule has 0 aromatic carbocycles. The van der Waals surface area contributed by atoms with Gasteiger partial charge in [-0.15, -0.1) is 0 Å². The van der Waals surface area contributed by atoms with Crippen molar-refractivity contribution >= 4 is 18.0 Å². The standard InChI is InChI=1S/C16H30N2O5/c1-4-13(2)17-7-8-22-9-10-23-12-16(21)18-15(11-19)6-5-14(3)20/h11,13,15,17H,4-10,12H2,1-3H3,(H,18,21). The van der Waals surface area contributed by atoms with Crippen LogP contribution in [-0.2, 0) is 23.9 Å². The van der Waals surface area contributed by atoms with Crippen LogP contribution in [0.5, 0.6) is 0 Å². The number of carbonyl (C=O) groups excluding carboxylic acids is 3. The number of aldehydes is 1. The molecule has 0 aliphatic heterocycles. The molecule has 2 N–H and O–H groups in total. The first-order chi connectivity index (χ1) is 11.0. The van der Waals surface area contributed by atoms with E-state index in [-0.39, 0.29) is 24.7 Å². The Labute approximate surface area is 138 Å². The molecular formula is C16H30N2O5. The molecule has 0 radical (unpaired) electrons. The van der Waals surface area contributed by atoms with Crippen LogP contribution in [0.4, 0.5) is 0 Å². The first-order valence-electron chi connectivity index (χ1n) is 8.12. The summed E-state index contributed by atoms with van der Waals surface area (Å²) in [6.45, 7) is 7.67. The van der Waals surface area contributed by atoms with E-state index in [0.29, 0.717) is 38.6 Å². The van der Waals surface area contributed by atoms with E-state index < -0.39 is 6.04 Å². The molecule has 0 bridgehead atoms. The minimum atomic E-state index is -0.641. The molecule has 0 saturated heterocycles. The number of hydrogen-bond donors (Lipinski definition) is 2. The third-order valence-electron chi connectivity index (χ3n) is 3.27. The zero-order chi connectivity index (χ0) is 17.5. The normalized spacial score (nSPS) is 13.3. The summed E-state index contributed by atoms with van der Waals surface area (Å²) in [5.41, 5.74) is 0. The second kappa shape index (κ2) is 14.3. The van der Waals surface area contributed by atoms with Crippen LogP contribution >= 0.6 is 0 Å². The molecule has 7 nitrogen and oxygen atoms in total. The maximum atomic E-state index is 11.6. The minimum Gasteiger partial charge on any atom is -0.378 e. The Hall–Kier alpha value is -1.31. The van der Waals surface area contributed by atoms with Gasteiger partial charge in [-0.1, -0.05) is 6.92 Å². The molecule has 0 aromatic heterocycles. The molecule has 1 amide bonds. The van der Waals surface area contributed by atoms with Gasteiger partial charge in [0.2, 0.25) is 5.91 Å². The summed E-state index contributed by atoms with van der Waals surface area (Å²) >= 11 is 0. The summed E-state index contributed by atoms with van der Waals surface area (Å²) < 4.78 is 10.5. The zero-order valence-corrected chi connectivity index (χ0v) is 14.4. The Morgan fingerprint density at radius 3 is 2.48 bits per heavy atom. The Kier molecular flexibility index (Phi) is 13.5. The van der Waals surface area contributed by atoms with Crippen LogP contribution in [0, 0.1) is 0 Å². The average molecular weight is 330 g/mol. The molecule has 7 heteroatoms. The van der Waals surface area contributed by atoms with Gasteiger partial charge < -0.3 is 29.7 Å². The van der Waals surface area contributed by atoms with Crippen molar-refractivity contribution in [1.29, 1.82) is 0 Å². The summed E-state index contributed by atoms with van der Waals surface area (Å²) in [7, 11) is 0. The van der Waals surface area contributed by atoms with Crippen LogP contribution in [0.2, 0.25) is 0 Å². The van der Waals surface area contributed by atoms with E-state index in [4.69, 9.17) is 9.47 Å². The first-order valence-corrected chi connectivity index (χ1v) is 8.12. The average Bonchev–Trinajstić information content (AvgIpc) is 2.53. The maximum Gasteiger partial charge on any atom is 0.246 e. The number of hydrogen-bond acceptors (Lipinski definition) is 6. The van der Waals surface area contributed by atoms with Crippen LogP contribution in [0.25, 0.3) is 0 Å². The third kappa shape index (κ3) is 14.0. The fraction of sp³-hybridized carbons (Fsp3) is 0.812. The van der Waals surface area contributed by atoms with Gasteiger partial charge in [0.1, 0.15) is 18.7 Å². The number of amides is 1. The molecule has 0 heterocycles. The molecule has 0 aliphatic rings. The first kappa shape index (κ1) is 21.7. The van der Waals surface area contributed by atoms with Crippen molar-refractivity contribution in [2.24, 2.45) is 0 Å². The van der Waals surface area contributed by atoms with Crippen molar-refractivity contribution in [1.82, 2.24) is 10.6 Å². The second-order valence-electron chi connectivity index (χ2n) is 5.48. The van der Waals surface area contributed by atoms with Gasteiger partial charge in [0.15, 0.2) is 0 Å². The third-order valence-corrected chi connectivity index (χ3v) is 3.27. The number of Topliss-reactive ketones (excluding diaryl/α,β-unsaturated/α-hetero) is 1. The van der Waals surface area contributed by atoms with Crippen molar-refractivity contribution in [3.05, 3.63) is 0 Å². The van der Waals surface area contributed by atoms with Gasteiger partial charge in [-0.25, -0.2) is 0 Å². The molecule has 0 saturated carbocycles. The molecule has 0 spiro atoms. The molecule has 23 heavy (non-hydrogen) atoms. The van der Waals surface area contributed by atoms with E-state index >= 15 is 0 Å². The van der Waals surface area contributed by atoms with E-state index in [1.807, 2.05) is 0 Å². The maximum absolute atomic E-state index is 11.6. The number of carbonyl (C=O) groups is 3. The minimum absolute atomic E-state index is 0.0117. The largest absolute Gasteiger partial charge is 0.378 e. The zero-order valence-electron chi connectivity index (χ0n) is 14.4. The Morgan fingerprint density at radius 2 is 1.87 bits per heavy atom. The molecule has 0 fully saturated rings. The van der Waals surface area contributed by atoms with Gasteiger partial charge in [-0.3, -0.25) is 4.79 Å². The van der Waals surface area contributed by atoms with Gasteiger partial charge in [-0.05, 0) is 26.7 Å². The fourth-order valence-corrected chi connectivity index (χ4v) is 1.69. The Balaban J connectivity index is 3.55. The summed E-state index contributed by atoms with van der Waals surface area (Å²) in [5.74, 6) is -0.383. The molecular weight excluding hydrogens is 300 g/mol. The summed E-state index contributed by atoms with van der Waals surface area (Å²) in [6, 6.07) is -0.162. The number of ketones is 1. The number of ether oxygens (including phenoxy) is 2. The predicted molar refractivity (Wildman–Crippen MR) is 87.3 cm³/mol. The smallest absolute Gasteiger partial charge is 0.246 e. The quantitative estimate of drug-likeness (QED) is 0.335. The van der Waals surface area contributed by atoms with Gasteiger partial charge in [0.05, 0.1) is 25.9 Å². The lowest BCUT2D eigenvalue weighted by atomic mass is 10.1. The van der Waals surface area contributed by atoms with Gasteiger partial charge in [0.25, 0.3) is 0 Å². The van der Waals surface area contributed by atoms with Crippen molar-refractivity contribution in [3.63, 3.8) is 0 Å². The molecule has 0 aromatic rings. The second-order valence-corrected chi connectivity index (χ2v) is 5.48. The number of rotatable bonds is 15. The lowest BCUT2D eigenvalue weighted by molar-refractivity contribution is -0.129. The van der Waals surface area contributed by atoms with Crippen molar-refractivity contribution in [2.75, 3.05) is 33.0 Å². The van der Waals surface area contributed by atoms with Gasteiger partial charge >= 0.3 is 0 Å². The highest BCUT2D eigenvalue weighted by Crippen LogP contribution is 1.96. The Bertz CT molecular complexity index is 349. The van der Waals surface area contributed by atoms with E-state index in [1.165, 1.54) is 6.92 Å². The topological polar surface area (TPSA) is 93.7 Å². The van der Waals surface area contributed by atoms with E-state index in [0.717, 1.165) is 13.0 Å². The van der Waals surface area contributed by atoms with Crippen molar-refractivity contribution < 1.29 is 23.9 Å². The van der Waals surface area contributed by atoms with Gasteiger partial charge in [-0.2, -0.15) is 0 Å². The molecule has 0 rings (SSSR count). The van der Waals surface area contributed by atoms with Crippen LogP contribution < -0.4 is 10.6 Å². The lowest BCUT2D eigenvalue weighted by Crippen LogP contribution is -2.38. The van der Waals surface area contributed by atoms with E-state index in [2.05, 4.69) is 24.5 Å². The molecule has 2 atom stereocenters. The SMILES string of the molecule is CCC(C)NCCOCCOCC(=O)NC(C=O)CCC(C)=O. The van der Waals surface area contributed by atoms with Crippen molar-refractivity contribution in [3.8, 4) is 0 Å². The molecule has 134 valence electrons. The van der Waals surface area contributed by atoms with Crippen LogP contribution in [0.3, 0.4) is 0 Å². The van der Waals surface area contributed by atoms with Crippen LogP contribution in [0.1, 0.15) is 40.0 Å². The molecule has 0 aliphatic carbocycles. The van der Waals surface area contributed by atoms with Gasteiger partial charge in [0, 0.05) is 19.0 Å². The van der Waals surface area contributed by atoms with Crippen LogP contribution in [0.15, 0.2) is 0 Å². The van der Waals surface area contributed by atoms with Crippen molar-refractivity contribution in [2.45, 2.75) is 52.1 Å². The molecule has 2 unspecified atom stereocenters. The van der Waals surface area contributed by atoms with Crippen LogP contribution in [-0.4, -0.2) is 63.0 Å². The highest BCUT2D eigenvalue weighted by Gasteiger charge is 2.12. The summed E-state index contributed by atoms with van der Waals surface area (Å²) in [4.78, 5) is 33.2. The highest BCUT2D eigenvalue weighted by molar-refractivity contribution is 5.81. The van der Waals surface area contributed by atoms with E-state index in [9.17, 15) is 14.4 Å². The Morgan fingerprint density at radius 1 is 1.17 bits per heavy atom. The number of nitrogens with one attached hydrogen (secondary N) is 2. The fourth-order valence-electron chi connectivity index (χ4n) is 1.69. The predicted octanol–water partition coefficient (Wildman–Crippen LogP) is 0.461. The van der Waals surface area contributed by atoms with E-state index in [1.54, 1.807) is 0 Å².